The molecule has 1 aliphatic rings. The van der Waals surface area contributed by atoms with Crippen LogP contribution in [0.4, 0.5) is 0 Å². The van der Waals surface area contributed by atoms with Crippen LogP contribution in [0.1, 0.15) is 18.1 Å². The van der Waals surface area contributed by atoms with Crippen molar-refractivity contribution in [3.8, 4) is 0 Å². The first-order valence-corrected chi connectivity index (χ1v) is 6.48. The van der Waals surface area contributed by atoms with Gasteiger partial charge in [0.15, 0.2) is 0 Å². The highest BCUT2D eigenvalue weighted by molar-refractivity contribution is 4.97. The van der Waals surface area contributed by atoms with Crippen molar-refractivity contribution in [2.75, 3.05) is 13.6 Å². The molecule has 5 nitrogen and oxygen atoms in total. The fraction of sp³-hybridized carbons (Fsp3) is 0.538. The first kappa shape index (κ1) is 11.5. The van der Waals surface area contributed by atoms with E-state index in [1.165, 1.54) is 12.2 Å². The maximum Gasteiger partial charge on any atom is 0.120 e. The van der Waals surface area contributed by atoms with Gasteiger partial charge in [0.25, 0.3) is 0 Å². The smallest absolute Gasteiger partial charge is 0.120 e. The number of aromatic nitrogens is 4. The Morgan fingerprint density at radius 1 is 1.44 bits per heavy atom. The zero-order chi connectivity index (χ0) is 12.4. The summed E-state index contributed by atoms with van der Waals surface area (Å²) < 4.78 is 2.29. The first-order chi connectivity index (χ1) is 8.81. The Morgan fingerprint density at radius 2 is 2.39 bits per heavy atom. The molecule has 3 rings (SSSR count). The van der Waals surface area contributed by atoms with Crippen LogP contribution in [-0.4, -0.2) is 38.0 Å². The van der Waals surface area contributed by atoms with Gasteiger partial charge in [0.05, 0.1) is 6.54 Å². The molecule has 0 amide bonds. The monoisotopic (exact) mass is 245 g/mol. The Kier molecular flexibility index (Phi) is 3.15. The lowest BCUT2D eigenvalue weighted by molar-refractivity contribution is 0.225. The van der Waals surface area contributed by atoms with Crippen molar-refractivity contribution in [1.29, 1.82) is 0 Å². The predicted molar refractivity (Wildman–Crippen MR) is 69.0 cm³/mol. The van der Waals surface area contributed by atoms with Crippen molar-refractivity contribution in [1.82, 2.24) is 24.4 Å². The average Bonchev–Trinajstić information content (AvgIpc) is 2.98. The molecule has 3 heterocycles. The Bertz CT molecular complexity index is 487. The number of H-pyrrole nitrogens is 1. The molecule has 0 bridgehead atoms. The Balaban J connectivity index is 1.54. The van der Waals surface area contributed by atoms with E-state index in [-0.39, 0.29) is 0 Å². The second-order valence-electron chi connectivity index (χ2n) is 5.13. The van der Waals surface area contributed by atoms with E-state index in [0.29, 0.717) is 5.92 Å². The molecule has 1 N–H and O–H groups in total. The van der Waals surface area contributed by atoms with E-state index in [9.17, 15) is 0 Å². The maximum atomic E-state index is 4.37. The van der Waals surface area contributed by atoms with Gasteiger partial charge in [0.1, 0.15) is 11.6 Å². The standard InChI is InChI=1S/C13H19N5/c1-17(10-12-14-4-5-15-12)8-11-2-3-13-16-6-7-18(13)9-11/h4-7,11H,2-3,8-10H2,1H3,(H,14,15). The molecule has 2 aromatic heterocycles. The summed E-state index contributed by atoms with van der Waals surface area (Å²) in [4.78, 5) is 14.1. The van der Waals surface area contributed by atoms with Gasteiger partial charge in [-0.05, 0) is 19.4 Å². The van der Waals surface area contributed by atoms with Crippen molar-refractivity contribution >= 4 is 0 Å². The molecule has 0 spiro atoms. The van der Waals surface area contributed by atoms with Crippen LogP contribution in [0.2, 0.25) is 0 Å². The summed E-state index contributed by atoms with van der Waals surface area (Å²) in [7, 11) is 2.16. The fourth-order valence-corrected chi connectivity index (χ4v) is 2.73. The van der Waals surface area contributed by atoms with Crippen LogP contribution in [0.25, 0.3) is 0 Å². The van der Waals surface area contributed by atoms with Gasteiger partial charge in [-0.1, -0.05) is 0 Å². The number of hydrogen-bond donors (Lipinski definition) is 1. The molecule has 2 aromatic rings. The maximum absolute atomic E-state index is 4.37. The molecule has 0 saturated heterocycles. The lowest BCUT2D eigenvalue weighted by atomic mass is 9.99. The summed E-state index contributed by atoms with van der Waals surface area (Å²) in [5.41, 5.74) is 0. The van der Waals surface area contributed by atoms with E-state index in [1.807, 2.05) is 18.6 Å². The third-order valence-electron chi connectivity index (χ3n) is 3.58. The predicted octanol–water partition coefficient (Wildman–Crippen LogP) is 1.30. The topological polar surface area (TPSA) is 49.7 Å². The molecule has 1 atom stereocenters. The van der Waals surface area contributed by atoms with E-state index < -0.39 is 0 Å². The van der Waals surface area contributed by atoms with Crippen molar-refractivity contribution in [2.24, 2.45) is 5.92 Å². The largest absolute Gasteiger partial charge is 0.348 e. The van der Waals surface area contributed by atoms with Crippen LogP contribution in [0.5, 0.6) is 0 Å². The molecular formula is C13H19N5. The fourth-order valence-electron chi connectivity index (χ4n) is 2.73. The number of aryl methyl sites for hydroxylation is 1. The molecule has 0 saturated carbocycles. The van der Waals surface area contributed by atoms with Crippen LogP contribution in [0.15, 0.2) is 24.8 Å². The number of aromatic amines is 1. The second kappa shape index (κ2) is 4.94. The lowest BCUT2D eigenvalue weighted by Gasteiger charge is -2.27. The number of hydrogen-bond acceptors (Lipinski definition) is 3. The molecule has 96 valence electrons. The van der Waals surface area contributed by atoms with Gasteiger partial charge in [-0.2, -0.15) is 0 Å². The van der Waals surface area contributed by atoms with Gasteiger partial charge in [-0.3, -0.25) is 4.90 Å². The highest BCUT2D eigenvalue weighted by Gasteiger charge is 2.20. The van der Waals surface area contributed by atoms with Gasteiger partial charge in [0.2, 0.25) is 0 Å². The summed E-state index contributed by atoms with van der Waals surface area (Å²) in [5.74, 6) is 2.99. The van der Waals surface area contributed by atoms with Gasteiger partial charge >= 0.3 is 0 Å². The van der Waals surface area contributed by atoms with E-state index in [4.69, 9.17) is 0 Å². The molecule has 1 unspecified atom stereocenters. The molecular weight excluding hydrogens is 226 g/mol. The van der Waals surface area contributed by atoms with E-state index in [1.54, 1.807) is 0 Å². The molecule has 5 heteroatoms. The average molecular weight is 245 g/mol. The van der Waals surface area contributed by atoms with Crippen molar-refractivity contribution in [3.05, 3.63) is 36.4 Å². The lowest BCUT2D eigenvalue weighted by Crippen LogP contribution is -2.31. The van der Waals surface area contributed by atoms with Crippen molar-refractivity contribution in [2.45, 2.75) is 25.9 Å². The highest BCUT2D eigenvalue weighted by Crippen LogP contribution is 2.19. The third kappa shape index (κ3) is 2.46. The Hall–Kier alpha value is -1.62. The summed E-state index contributed by atoms with van der Waals surface area (Å²) in [5, 5.41) is 0. The second-order valence-corrected chi connectivity index (χ2v) is 5.13. The first-order valence-electron chi connectivity index (χ1n) is 6.48. The summed E-state index contributed by atoms with van der Waals surface area (Å²) in [6.45, 7) is 3.09. The zero-order valence-electron chi connectivity index (χ0n) is 10.7. The number of imidazole rings is 2. The van der Waals surface area contributed by atoms with Crippen LogP contribution in [0.3, 0.4) is 0 Å². The van der Waals surface area contributed by atoms with Crippen LogP contribution >= 0.6 is 0 Å². The van der Waals surface area contributed by atoms with Gasteiger partial charge < -0.3 is 9.55 Å². The van der Waals surface area contributed by atoms with Crippen molar-refractivity contribution in [3.63, 3.8) is 0 Å². The number of nitrogens with zero attached hydrogens (tertiary/aromatic N) is 4. The normalized spacial score (nSPS) is 19.1. The summed E-state index contributed by atoms with van der Waals surface area (Å²) in [6, 6.07) is 0. The minimum atomic E-state index is 0.715. The van der Waals surface area contributed by atoms with E-state index in [2.05, 4.69) is 37.7 Å². The van der Waals surface area contributed by atoms with E-state index >= 15 is 0 Å². The molecule has 0 aliphatic carbocycles. The van der Waals surface area contributed by atoms with Gasteiger partial charge in [-0.15, -0.1) is 0 Å². The Labute approximate surface area is 107 Å². The van der Waals surface area contributed by atoms with Crippen LogP contribution in [0, 0.1) is 5.92 Å². The quantitative estimate of drug-likeness (QED) is 0.883. The number of fused-ring (bicyclic) bond motifs is 1. The van der Waals surface area contributed by atoms with Crippen LogP contribution < -0.4 is 0 Å². The van der Waals surface area contributed by atoms with Gasteiger partial charge in [-0.25, -0.2) is 9.97 Å². The van der Waals surface area contributed by atoms with Gasteiger partial charge in [0, 0.05) is 44.3 Å². The molecule has 0 aromatic carbocycles. The van der Waals surface area contributed by atoms with Crippen molar-refractivity contribution < 1.29 is 0 Å². The highest BCUT2D eigenvalue weighted by atomic mass is 15.1. The minimum absolute atomic E-state index is 0.715. The number of rotatable bonds is 4. The third-order valence-corrected chi connectivity index (χ3v) is 3.58. The summed E-state index contributed by atoms with van der Waals surface area (Å²) in [6.07, 6.45) is 10.0. The SMILES string of the molecule is CN(Cc1ncc[nH]1)CC1CCc2nccn2C1. The zero-order valence-corrected chi connectivity index (χ0v) is 10.7. The molecule has 0 fully saturated rings. The summed E-state index contributed by atoms with van der Waals surface area (Å²) >= 11 is 0. The number of nitrogens with one attached hydrogen (secondary N) is 1. The molecule has 0 radical (unpaired) electrons. The van der Waals surface area contributed by atoms with E-state index in [0.717, 1.165) is 31.9 Å². The van der Waals surface area contributed by atoms with Crippen LogP contribution in [-0.2, 0) is 19.5 Å². The molecule has 18 heavy (non-hydrogen) atoms. The molecule has 1 aliphatic heterocycles. The Morgan fingerprint density at radius 3 is 3.22 bits per heavy atom. The minimum Gasteiger partial charge on any atom is -0.348 e.